The monoisotopic (exact) mass is 415 g/mol. The number of aromatic nitrogens is 1. The van der Waals surface area contributed by atoms with E-state index in [-0.39, 0.29) is 0 Å². The molecule has 0 unspecified atom stereocenters. The minimum atomic E-state index is -3.47. The Balaban J connectivity index is 1.45. The fourth-order valence-corrected chi connectivity index (χ4v) is 5.12. The van der Waals surface area contributed by atoms with Gasteiger partial charge in [-0.1, -0.05) is 42.5 Å². The average molecular weight is 416 g/mol. The second kappa shape index (κ2) is 8.40. The molecule has 1 aliphatic rings. The van der Waals surface area contributed by atoms with Crippen LogP contribution in [0.1, 0.15) is 5.56 Å². The molecular formula is C20H21N3O3S2. The molecule has 0 atom stereocenters. The lowest BCUT2D eigenvalue weighted by atomic mass is 10.2. The quantitative estimate of drug-likeness (QED) is 0.668. The Morgan fingerprint density at radius 3 is 2.46 bits per heavy atom. The number of hydrogen-bond acceptors (Lipinski definition) is 6. The standard InChI is InChI=1S/C20H21N3O3S2/c24-28(25,23-10-12-26-13-11-23)18-8-6-17(7-9-18)19-15-27-20(22-19)21-14-16-4-2-1-3-5-16/h1-9,15H,10-14H2,(H,21,22). The second-order valence-electron chi connectivity index (χ2n) is 6.42. The van der Waals surface area contributed by atoms with Gasteiger partial charge in [-0.2, -0.15) is 4.31 Å². The summed E-state index contributed by atoms with van der Waals surface area (Å²) < 4.78 is 32.1. The largest absolute Gasteiger partial charge is 0.379 e. The summed E-state index contributed by atoms with van der Waals surface area (Å²) in [7, 11) is -3.47. The third kappa shape index (κ3) is 4.25. The van der Waals surface area contributed by atoms with Gasteiger partial charge >= 0.3 is 0 Å². The van der Waals surface area contributed by atoms with E-state index in [0.717, 1.165) is 16.4 Å². The summed E-state index contributed by atoms with van der Waals surface area (Å²) in [6.45, 7) is 2.38. The van der Waals surface area contributed by atoms with Gasteiger partial charge in [0.05, 0.1) is 23.8 Å². The first-order valence-electron chi connectivity index (χ1n) is 9.04. The van der Waals surface area contributed by atoms with Gasteiger partial charge in [0.15, 0.2) is 5.13 Å². The van der Waals surface area contributed by atoms with Crippen molar-refractivity contribution in [3.05, 3.63) is 65.5 Å². The van der Waals surface area contributed by atoms with E-state index in [1.54, 1.807) is 12.1 Å². The number of nitrogens with one attached hydrogen (secondary N) is 1. The number of benzene rings is 2. The highest BCUT2D eigenvalue weighted by Crippen LogP contribution is 2.27. The van der Waals surface area contributed by atoms with Gasteiger partial charge in [0, 0.05) is 30.6 Å². The molecule has 1 saturated heterocycles. The number of anilines is 1. The first kappa shape index (κ1) is 19.1. The van der Waals surface area contributed by atoms with Crippen molar-refractivity contribution in [1.29, 1.82) is 0 Å². The Morgan fingerprint density at radius 1 is 1.04 bits per heavy atom. The Morgan fingerprint density at radius 2 is 1.75 bits per heavy atom. The normalized spacial score (nSPS) is 15.4. The maximum atomic E-state index is 12.7. The lowest BCUT2D eigenvalue weighted by Gasteiger charge is -2.26. The number of thiazole rings is 1. The van der Waals surface area contributed by atoms with Gasteiger partial charge in [-0.15, -0.1) is 11.3 Å². The maximum Gasteiger partial charge on any atom is 0.243 e. The maximum absolute atomic E-state index is 12.7. The zero-order valence-electron chi connectivity index (χ0n) is 15.2. The van der Waals surface area contributed by atoms with Crippen LogP contribution in [0, 0.1) is 0 Å². The molecule has 0 bridgehead atoms. The van der Waals surface area contributed by atoms with Crippen molar-refractivity contribution < 1.29 is 13.2 Å². The third-order valence-corrected chi connectivity index (χ3v) is 7.26. The number of hydrogen-bond donors (Lipinski definition) is 1. The van der Waals surface area contributed by atoms with Crippen molar-refractivity contribution in [3.63, 3.8) is 0 Å². The minimum absolute atomic E-state index is 0.302. The van der Waals surface area contributed by atoms with Crippen LogP contribution >= 0.6 is 11.3 Å². The smallest absolute Gasteiger partial charge is 0.243 e. The predicted molar refractivity (Wildman–Crippen MR) is 111 cm³/mol. The van der Waals surface area contributed by atoms with Crippen molar-refractivity contribution >= 4 is 26.5 Å². The first-order valence-corrected chi connectivity index (χ1v) is 11.4. The van der Waals surface area contributed by atoms with Crippen molar-refractivity contribution in [2.24, 2.45) is 0 Å². The molecule has 28 heavy (non-hydrogen) atoms. The van der Waals surface area contributed by atoms with E-state index in [9.17, 15) is 8.42 Å². The van der Waals surface area contributed by atoms with Gasteiger partial charge in [0.1, 0.15) is 0 Å². The lowest BCUT2D eigenvalue weighted by Crippen LogP contribution is -2.40. The van der Waals surface area contributed by atoms with E-state index in [4.69, 9.17) is 4.74 Å². The molecule has 1 fully saturated rings. The average Bonchev–Trinajstić information content (AvgIpc) is 3.23. The number of nitrogens with zero attached hydrogens (tertiary/aromatic N) is 2. The molecule has 3 aromatic rings. The SMILES string of the molecule is O=S(=O)(c1ccc(-c2csc(NCc3ccccc3)n2)cc1)N1CCOCC1. The molecule has 0 aliphatic carbocycles. The van der Waals surface area contributed by atoms with Crippen LogP contribution in [0.5, 0.6) is 0 Å². The van der Waals surface area contributed by atoms with Crippen LogP contribution in [0.3, 0.4) is 0 Å². The Labute approximate surface area is 168 Å². The van der Waals surface area contributed by atoms with Crippen LogP contribution in [0.25, 0.3) is 11.3 Å². The van der Waals surface area contributed by atoms with E-state index in [2.05, 4.69) is 22.4 Å². The summed E-state index contributed by atoms with van der Waals surface area (Å²) in [6, 6.07) is 17.1. The molecule has 0 spiro atoms. The van der Waals surface area contributed by atoms with E-state index in [1.165, 1.54) is 21.2 Å². The summed E-state index contributed by atoms with van der Waals surface area (Å²) in [5.74, 6) is 0. The van der Waals surface area contributed by atoms with Gasteiger partial charge in [0.25, 0.3) is 0 Å². The van der Waals surface area contributed by atoms with Crippen LogP contribution < -0.4 is 5.32 Å². The van der Waals surface area contributed by atoms with E-state index < -0.39 is 10.0 Å². The Hall–Kier alpha value is -2.26. The summed E-state index contributed by atoms with van der Waals surface area (Å²) in [6.07, 6.45) is 0. The Bertz CT molecular complexity index is 1010. The molecule has 0 saturated carbocycles. The molecule has 146 valence electrons. The molecule has 2 heterocycles. The van der Waals surface area contributed by atoms with Crippen molar-refractivity contribution in [2.75, 3.05) is 31.6 Å². The minimum Gasteiger partial charge on any atom is -0.379 e. The molecule has 4 rings (SSSR count). The molecule has 0 amide bonds. The molecule has 1 aromatic heterocycles. The highest BCUT2D eigenvalue weighted by molar-refractivity contribution is 7.89. The van der Waals surface area contributed by atoms with Crippen molar-refractivity contribution in [2.45, 2.75) is 11.4 Å². The van der Waals surface area contributed by atoms with E-state index >= 15 is 0 Å². The second-order valence-corrected chi connectivity index (χ2v) is 9.21. The lowest BCUT2D eigenvalue weighted by molar-refractivity contribution is 0.0730. The topological polar surface area (TPSA) is 71.5 Å². The zero-order valence-corrected chi connectivity index (χ0v) is 16.9. The molecule has 8 heteroatoms. The number of morpholine rings is 1. The van der Waals surface area contributed by atoms with Gasteiger partial charge in [-0.05, 0) is 17.7 Å². The van der Waals surface area contributed by atoms with E-state index in [0.29, 0.717) is 37.7 Å². The molecule has 6 nitrogen and oxygen atoms in total. The van der Waals surface area contributed by atoms with Crippen molar-refractivity contribution in [1.82, 2.24) is 9.29 Å². The Kier molecular flexibility index (Phi) is 5.72. The molecule has 2 aromatic carbocycles. The third-order valence-electron chi connectivity index (χ3n) is 4.55. The zero-order chi connectivity index (χ0) is 19.4. The summed E-state index contributed by atoms with van der Waals surface area (Å²) in [5.41, 5.74) is 2.91. The fraction of sp³-hybridized carbons (Fsp3) is 0.250. The van der Waals surface area contributed by atoms with Gasteiger partial charge in [0.2, 0.25) is 10.0 Å². The van der Waals surface area contributed by atoms with Crippen molar-refractivity contribution in [3.8, 4) is 11.3 Å². The highest BCUT2D eigenvalue weighted by atomic mass is 32.2. The number of ether oxygens (including phenoxy) is 1. The van der Waals surface area contributed by atoms with Crippen LogP contribution in [0.15, 0.2) is 64.9 Å². The number of sulfonamides is 1. The summed E-state index contributed by atoms with van der Waals surface area (Å²) in [5, 5.41) is 6.13. The summed E-state index contributed by atoms with van der Waals surface area (Å²) >= 11 is 1.53. The molecule has 1 aliphatic heterocycles. The van der Waals surface area contributed by atoms with E-state index in [1.807, 2.05) is 35.7 Å². The fourth-order valence-electron chi connectivity index (χ4n) is 2.99. The molecule has 1 N–H and O–H groups in total. The van der Waals surface area contributed by atoms with Crippen LogP contribution in [0.4, 0.5) is 5.13 Å². The first-order chi connectivity index (χ1) is 13.6. The molecule has 0 radical (unpaired) electrons. The van der Waals surface area contributed by atoms with Gasteiger partial charge in [-0.3, -0.25) is 0 Å². The van der Waals surface area contributed by atoms with Crippen LogP contribution in [0.2, 0.25) is 0 Å². The predicted octanol–water partition coefficient (Wildman–Crippen LogP) is 3.44. The highest BCUT2D eigenvalue weighted by Gasteiger charge is 2.26. The molecular weight excluding hydrogens is 394 g/mol. The van der Waals surface area contributed by atoms with Crippen LogP contribution in [-0.2, 0) is 21.3 Å². The van der Waals surface area contributed by atoms with Crippen LogP contribution in [-0.4, -0.2) is 44.0 Å². The number of rotatable bonds is 6. The van der Waals surface area contributed by atoms with Gasteiger partial charge < -0.3 is 10.1 Å². The van der Waals surface area contributed by atoms with Gasteiger partial charge in [-0.25, -0.2) is 13.4 Å². The summed E-state index contributed by atoms with van der Waals surface area (Å²) in [4.78, 5) is 4.91.